The number of benzene rings is 2. The predicted octanol–water partition coefficient (Wildman–Crippen LogP) is 2.91. The van der Waals surface area contributed by atoms with Gasteiger partial charge in [0.2, 0.25) is 0 Å². The molecular formula is C16H12F3N2O4-. The zero-order valence-corrected chi connectivity index (χ0v) is 12.6. The molecule has 0 fully saturated rings. The van der Waals surface area contributed by atoms with E-state index in [4.69, 9.17) is 0 Å². The van der Waals surface area contributed by atoms with Crippen LogP contribution in [0.15, 0.2) is 48.5 Å². The smallest absolute Gasteiger partial charge is 0.416 e. The molecule has 132 valence electrons. The highest BCUT2D eigenvalue weighted by atomic mass is 19.4. The molecule has 0 amide bonds. The van der Waals surface area contributed by atoms with E-state index in [1.54, 1.807) is 30.3 Å². The van der Waals surface area contributed by atoms with Crippen molar-refractivity contribution >= 4 is 17.3 Å². The van der Waals surface area contributed by atoms with E-state index in [9.17, 15) is 33.2 Å². The quantitative estimate of drug-likeness (QED) is 0.636. The zero-order chi connectivity index (χ0) is 18.6. The van der Waals surface area contributed by atoms with E-state index in [1.165, 1.54) is 0 Å². The van der Waals surface area contributed by atoms with Gasteiger partial charge in [0, 0.05) is 18.5 Å². The molecule has 2 aromatic rings. The van der Waals surface area contributed by atoms with Crippen LogP contribution < -0.4 is 10.4 Å². The second kappa shape index (κ2) is 7.20. The molecule has 0 saturated carbocycles. The summed E-state index contributed by atoms with van der Waals surface area (Å²) < 4.78 is 38.2. The first-order valence-electron chi connectivity index (χ1n) is 7.05. The van der Waals surface area contributed by atoms with Crippen LogP contribution in [0, 0.1) is 10.1 Å². The van der Waals surface area contributed by atoms with Crippen LogP contribution in [0.4, 0.5) is 24.5 Å². The summed E-state index contributed by atoms with van der Waals surface area (Å²) in [6.45, 7) is 0. The minimum absolute atomic E-state index is 0.215. The van der Waals surface area contributed by atoms with Gasteiger partial charge in [0.15, 0.2) is 0 Å². The molecular weight excluding hydrogens is 341 g/mol. The van der Waals surface area contributed by atoms with Crippen LogP contribution >= 0.6 is 0 Å². The lowest BCUT2D eigenvalue weighted by Crippen LogP contribution is -2.27. The normalized spacial score (nSPS) is 12.4. The van der Waals surface area contributed by atoms with E-state index >= 15 is 0 Å². The van der Waals surface area contributed by atoms with E-state index in [2.05, 4.69) is 5.32 Å². The number of carbonyl (C=O) groups is 1. The molecule has 0 aliphatic rings. The Labute approximate surface area is 140 Å². The first-order valence-corrected chi connectivity index (χ1v) is 7.05. The molecule has 25 heavy (non-hydrogen) atoms. The summed E-state index contributed by atoms with van der Waals surface area (Å²) in [5, 5.41) is 24.7. The number of carbonyl (C=O) groups excluding carboxylic acids is 1. The molecule has 2 aromatic carbocycles. The molecule has 0 spiro atoms. The van der Waals surface area contributed by atoms with Crippen molar-refractivity contribution in [3.05, 3.63) is 69.8 Å². The topological polar surface area (TPSA) is 95.3 Å². The van der Waals surface area contributed by atoms with Crippen molar-refractivity contribution in [1.82, 2.24) is 0 Å². The maximum Gasteiger partial charge on any atom is 0.416 e. The second-order valence-electron chi connectivity index (χ2n) is 5.17. The van der Waals surface area contributed by atoms with E-state index in [1.807, 2.05) is 0 Å². The zero-order valence-electron chi connectivity index (χ0n) is 12.6. The van der Waals surface area contributed by atoms with Gasteiger partial charge in [-0.15, -0.1) is 0 Å². The number of alkyl halides is 3. The Hall–Kier alpha value is -3.10. The van der Waals surface area contributed by atoms with Crippen LogP contribution in [0.3, 0.4) is 0 Å². The average Bonchev–Trinajstić information content (AvgIpc) is 2.53. The summed E-state index contributed by atoms with van der Waals surface area (Å²) in [7, 11) is 0. The highest BCUT2D eigenvalue weighted by molar-refractivity contribution is 5.69. The Morgan fingerprint density at radius 3 is 2.32 bits per heavy atom. The van der Waals surface area contributed by atoms with Gasteiger partial charge in [-0.2, -0.15) is 13.2 Å². The molecule has 0 unspecified atom stereocenters. The lowest BCUT2D eigenvalue weighted by molar-refractivity contribution is -0.384. The van der Waals surface area contributed by atoms with Crippen molar-refractivity contribution in [3.8, 4) is 0 Å². The molecule has 6 nitrogen and oxygen atoms in total. The van der Waals surface area contributed by atoms with Gasteiger partial charge in [0.1, 0.15) is 5.69 Å². The third-order valence-corrected chi connectivity index (χ3v) is 3.42. The number of nitrogens with zero attached hydrogens (tertiary/aromatic N) is 1. The van der Waals surface area contributed by atoms with E-state index in [-0.39, 0.29) is 5.69 Å². The summed E-state index contributed by atoms with van der Waals surface area (Å²) in [5.74, 6) is -1.41. The standard InChI is InChI=1S/C16H13F3N2O4/c17-16(18,19)11-6-7-12(14(8-11)21(24)25)20-13(9-15(22)23)10-4-2-1-3-5-10/h1-8,13,20H,9H2,(H,22,23)/p-1/t13-/m1/s1. The van der Waals surface area contributed by atoms with Crippen LogP contribution in [-0.2, 0) is 11.0 Å². The molecule has 1 N–H and O–H groups in total. The molecule has 0 heterocycles. The van der Waals surface area contributed by atoms with Crippen molar-refractivity contribution < 1.29 is 28.0 Å². The number of rotatable bonds is 6. The van der Waals surface area contributed by atoms with Crippen molar-refractivity contribution in [3.63, 3.8) is 0 Å². The molecule has 0 aromatic heterocycles. The molecule has 0 aliphatic heterocycles. The first kappa shape index (κ1) is 18.2. The van der Waals surface area contributed by atoms with Crippen molar-refractivity contribution in [2.75, 3.05) is 5.32 Å². The van der Waals surface area contributed by atoms with Gasteiger partial charge in [-0.05, 0) is 17.7 Å². The fourth-order valence-electron chi connectivity index (χ4n) is 2.27. The van der Waals surface area contributed by atoms with Crippen LogP contribution in [0.5, 0.6) is 0 Å². The maximum atomic E-state index is 12.7. The van der Waals surface area contributed by atoms with Gasteiger partial charge in [-0.25, -0.2) is 0 Å². The second-order valence-corrected chi connectivity index (χ2v) is 5.17. The largest absolute Gasteiger partial charge is 0.550 e. The van der Waals surface area contributed by atoms with Crippen LogP contribution in [0.2, 0.25) is 0 Å². The minimum Gasteiger partial charge on any atom is -0.550 e. The van der Waals surface area contributed by atoms with Crippen LogP contribution in [0.1, 0.15) is 23.6 Å². The van der Waals surface area contributed by atoms with Gasteiger partial charge < -0.3 is 15.2 Å². The molecule has 0 bridgehead atoms. The number of carboxylic acids is 1. The van der Waals surface area contributed by atoms with Gasteiger partial charge in [0.25, 0.3) is 5.69 Å². The number of hydrogen-bond acceptors (Lipinski definition) is 5. The molecule has 1 atom stereocenters. The van der Waals surface area contributed by atoms with E-state index in [0.29, 0.717) is 17.7 Å². The molecule has 2 rings (SSSR count). The third-order valence-electron chi connectivity index (χ3n) is 3.42. The van der Waals surface area contributed by atoms with Gasteiger partial charge in [-0.1, -0.05) is 30.3 Å². The van der Waals surface area contributed by atoms with Gasteiger partial charge >= 0.3 is 6.18 Å². The summed E-state index contributed by atoms with van der Waals surface area (Å²) in [6, 6.07) is 9.27. The van der Waals surface area contributed by atoms with Crippen molar-refractivity contribution in [1.29, 1.82) is 0 Å². The number of aliphatic carboxylic acids is 1. The lowest BCUT2D eigenvalue weighted by Gasteiger charge is -2.21. The monoisotopic (exact) mass is 353 g/mol. The maximum absolute atomic E-state index is 12.7. The molecule has 9 heteroatoms. The Bertz CT molecular complexity index is 779. The summed E-state index contributed by atoms with van der Waals surface area (Å²) in [6.07, 6.45) is -5.24. The van der Waals surface area contributed by atoms with Crippen molar-refractivity contribution in [2.24, 2.45) is 0 Å². The van der Waals surface area contributed by atoms with Gasteiger partial charge in [0.05, 0.1) is 16.5 Å². The number of nitro benzene ring substituents is 1. The fraction of sp³-hybridized carbons (Fsp3) is 0.188. The number of halogens is 3. The Balaban J connectivity index is 2.41. The highest BCUT2D eigenvalue weighted by Crippen LogP contribution is 2.36. The summed E-state index contributed by atoms with van der Waals surface area (Å²) >= 11 is 0. The predicted molar refractivity (Wildman–Crippen MR) is 80.5 cm³/mol. The highest BCUT2D eigenvalue weighted by Gasteiger charge is 2.33. The van der Waals surface area contributed by atoms with Crippen LogP contribution in [-0.4, -0.2) is 10.9 Å². The number of nitrogens with one attached hydrogen (secondary N) is 1. The third kappa shape index (κ3) is 4.69. The lowest BCUT2D eigenvalue weighted by atomic mass is 10.0. The minimum atomic E-state index is -4.73. The first-order chi connectivity index (χ1) is 11.7. The average molecular weight is 353 g/mol. The summed E-state index contributed by atoms with van der Waals surface area (Å²) in [4.78, 5) is 21.1. The molecule has 0 aliphatic carbocycles. The summed E-state index contributed by atoms with van der Waals surface area (Å²) in [5.41, 5.74) is -1.68. The Morgan fingerprint density at radius 1 is 1.16 bits per heavy atom. The van der Waals surface area contributed by atoms with Crippen LogP contribution in [0.25, 0.3) is 0 Å². The van der Waals surface area contributed by atoms with E-state index < -0.39 is 40.8 Å². The molecule has 0 saturated heterocycles. The van der Waals surface area contributed by atoms with Crippen molar-refractivity contribution in [2.45, 2.75) is 18.6 Å². The number of anilines is 1. The number of nitro groups is 1. The Morgan fingerprint density at radius 2 is 1.80 bits per heavy atom. The Kier molecular flexibility index (Phi) is 5.26. The fourth-order valence-corrected chi connectivity index (χ4v) is 2.27. The SMILES string of the molecule is O=C([O-])C[C@@H](Nc1ccc(C(F)(F)F)cc1[N+](=O)[O-])c1ccccc1. The molecule has 0 radical (unpaired) electrons. The van der Waals surface area contributed by atoms with E-state index in [0.717, 1.165) is 6.07 Å². The van der Waals surface area contributed by atoms with Gasteiger partial charge in [-0.3, -0.25) is 10.1 Å². The number of carboxylic acid groups (broad SMARTS) is 1. The number of hydrogen-bond donors (Lipinski definition) is 1.